The van der Waals surface area contributed by atoms with Crippen LogP contribution in [0.4, 0.5) is 0 Å². The minimum atomic E-state index is 0.597. The Labute approximate surface area is 131 Å². The van der Waals surface area contributed by atoms with Crippen molar-refractivity contribution in [3.8, 4) is 16.9 Å². The van der Waals surface area contributed by atoms with E-state index in [9.17, 15) is 0 Å². The maximum absolute atomic E-state index is 5.98. The number of benzene rings is 2. The molecular formula is C17H13BrOS. The molecule has 0 atom stereocenters. The summed E-state index contributed by atoms with van der Waals surface area (Å²) in [4.78, 5) is 1.21. The molecule has 3 heteroatoms. The molecule has 1 aromatic heterocycles. The van der Waals surface area contributed by atoms with Gasteiger partial charge in [-0.2, -0.15) is 0 Å². The number of rotatable bonds is 4. The summed E-state index contributed by atoms with van der Waals surface area (Å²) in [5, 5.41) is 2.07. The largest absolute Gasteiger partial charge is 0.487 e. The monoisotopic (exact) mass is 344 g/mol. The van der Waals surface area contributed by atoms with E-state index in [-0.39, 0.29) is 0 Å². The third kappa shape index (κ3) is 3.11. The molecule has 100 valence electrons. The van der Waals surface area contributed by atoms with Gasteiger partial charge >= 0.3 is 0 Å². The van der Waals surface area contributed by atoms with Gasteiger partial charge in [0.1, 0.15) is 12.4 Å². The van der Waals surface area contributed by atoms with Crippen molar-refractivity contribution in [2.45, 2.75) is 6.61 Å². The van der Waals surface area contributed by atoms with Crippen molar-refractivity contribution < 1.29 is 4.74 Å². The number of hydrogen-bond donors (Lipinski definition) is 0. The van der Waals surface area contributed by atoms with Crippen molar-refractivity contribution in [1.29, 1.82) is 0 Å². The zero-order valence-electron chi connectivity index (χ0n) is 10.8. The van der Waals surface area contributed by atoms with Crippen molar-refractivity contribution in [2.75, 3.05) is 0 Å². The van der Waals surface area contributed by atoms with Crippen LogP contribution in [0.1, 0.15) is 4.88 Å². The highest BCUT2D eigenvalue weighted by Gasteiger charge is 2.06. The molecule has 1 heterocycles. The molecule has 0 fully saturated rings. The van der Waals surface area contributed by atoms with Crippen LogP contribution in [0.3, 0.4) is 0 Å². The van der Waals surface area contributed by atoms with Gasteiger partial charge in [0.2, 0.25) is 0 Å². The normalized spacial score (nSPS) is 10.4. The Morgan fingerprint density at radius 2 is 1.70 bits per heavy atom. The average Bonchev–Trinajstić information content (AvgIpc) is 2.92. The molecule has 0 spiro atoms. The van der Waals surface area contributed by atoms with E-state index < -0.39 is 0 Å². The number of halogens is 1. The second kappa shape index (κ2) is 6.25. The van der Waals surface area contributed by atoms with Gasteiger partial charge in [-0.3, -0.25) is 0 Å². The summed E-state index contributed by atoms with van der Waals surface area (Å²) in [7, 11) is 0. The molecule has 0 radical (unpaired) electrons. The van der Waals surface area contributed by atoms with Gasteiger partial charge in [-0.05, 0) is 33.6 Å². The van der Waals surface area contributed by atoms with Crippen LogP contribution in [0.2, 0.25) is 0 Å². The van der Waals surface area contributed by atoms with Gasteiger partial charge < -0.3 is 4.74 Å². The molecule has 2 aromatic carbocycles. The van der Waals surface area contributed by atoms with Gasteiger partial charge in [0.05, 0.1) is 0 Å². The second-order valence-electron chi connectivity index (χ2n) is 4.38. The van der Waals surface area contributed by atoms with Crippen LogP contribution in [0.25, 0.3) is 11.1 Å². The van der Waals surface area contributed by atoms with Gasteiger partial charge in [0.25, 0.3) is 0 Å². The molecule has 0 bridgehead atoms. The lowest BCUT2D eigenvalue weighted by molar-refractivity contribution is 0.311. The van der Waals surface area contributed by atoms with Crippen molar-refractivity contribution in [3.63, 3.8) is 0 Å². The molecule has 20 heavy (non-hydrogen) atoms. The Morgan fingerprint density at radius 1 is 0.950 bits per heavy atom. The number of para-hydroxylation sites is 1. The fourth-order valence-corrected chi connectivity index (χ4v) is 3.39. The van der Waals surface area contributed by atoms with E-state index in [1.54, 1.807) is 11.3 Å². The van der Waals surface area contributed by atoms with Crippen LogP contribution >= 0.6 is 27.3 Å². The molecule has 0 aliphatic rings. The summed E-state index contributed by atoms with van der Waals surface area (Å²) in [6.45, 7) is 0.597. The Hall–Kier alpha value is -1.58. The van der Waals surface area contributed by atoms with E-state index in [1.165, 1.54) is 10.4 Å². The van der Waals surface area contributed by atoms with Crippen LogP contribution in [0.15, 0.2) is 70.5 Å². The number of thiophene rings is 1. The smallest absolute Gasteiger partial charge is 0.127 e. The molecule has 3 aromatic rings. The lowest BCUT2D eigenvalue weighted by atomic mass is 10.1. The van der Waals surface area contributed by atoms with Crippen LogP contribution in [0.5, 0.6) is 5.75 Å². The molecule has 0 amide bonds. The zero-order chi connectivity index (χ0) is 13.8. The molecular weight excluding hydrogens is 332 g/mol. The highest BCUT2D eigenvalue weighted by atomic mass is 79.9. The lowest BCUT2D eigenvalue weighted by Crippen LogP contribution is -1.94. The van der Waals surface area contributed by atoms with E-state index >= 15 is 0 Å². The van der Waals surface area contributed by atoms with Gasteiger partial charge in [0, 0.05) is 20.3 Å². The first-order valence-electron chi connectivity index (χ1n) is 6.33. The third-order valence-electron chi connectivity index (χ3n) is 2.96. The Bertz CT molecular complexity index is 691. The minimum Gasteiger partial charge on any atom is -0.487 e. The van der Waals surface area contributed by atoms with Crippen LogP contribution in [-0.4, -0.2) is 0 Å². The van der Waals surface area contributed by atoms with Crippen LogP contribution < -0.4 is 4.74 Å². The number of ether oxygens (including phenoxy) is 1. The Morgan fingerprint density at radius 3 is 2.45 bits per heavy atom. The molecule has 1 nitrogen and oxygen atoms in total. The van der Waals surface area contributed by atoms with E-state index in [0.29, 0.717) is 6.61 Å². The van der Waals surface area contributed by atoms with Gasteiger partial charge in [-0.1, -0.05) is 48.5 Å². The second-order valence-corrected chi connectivity index (χ2v) is 6.29. The third-order valence-corrected chi connectivity index (χ3v) is 4.63. The first-order valence-corrected chi connectivity index (χ1v) is 8.00. The summed E-state index contributed by atoms with van der Waals surface area (Å²) >= 11 is 5.16. The molecule has 0 unspecified atom stereocenters. The van der Waals surface area contributed by atoms with Crippen molar-refractivity contribution in [2.24, 2.45) is 0 Å². The van der Waals surface area contributed by atoms with E-state index in [2.05, 4.69) is 45.6 Å². The van der Waals surface area contributed by atoms with E-state index in [4.69, 9.17) is 4.74 Å². The molecule has 0 saturated carbocycles. The summed E-state index contributed by atoms with van der Waals surface area (Å²) in [5.74, 6) is 0.920. The number of hydrogen-bond acceptors (Lipinski definition) is 2. The van der Waals surface area contributed by atoms with Gasteiger partial charge in [-0.25, -0.2) is 0 Å². The summed E-state index contributed by atoms with van der Waals surface area (Å²) < 4.78 is 7.09. The summed E-state index contributed by atoms with van der Waals surface area (Å²) in [5.41, 5.74) is 2.30. The zero-order valence-corrected chi connectivity index (χ0v) is 13.2. The molecule has 0 N–H and O–H groups in total. The fraction of sp³-hybridized carbons (Fsp3) is 0.0588. The quantitative estimate of drug-likeness (QED) is 0.584. The van der Waals surface area contributed by atoms with Crippen LogP contribution in [0, 0.1) is 0 Å². The predicted octanol–water partition coefficient (Wildman–Crippen LogP) is 5.76. The summed E-state index contributed by atoms with van der Waals surface area (Å²) in [6.07, 6.45) is 0. The maximum Gasteiger partial charge on any atom is 0.127 e. The fourth-order valence-electron chi connectivity index (χ4n) is 2.03. The Kier molecular flexibility index (Phi) is 4.19. The predicted molar refractivity (Wildman–Crippen MR) is 88.2 cm³/mol. The topological polar surface area (TPSA) is 9.23 Å². The van der Waals surface area contributed by atoms with Crippen molar-refractivity contribution >= 4 is 27.3 Å². The highest BCUT2D eigenvalue weighted by molar-refractivity contribution is 9.10. The lowest BCUT2D eigenvalue weighted by Gasteiger charge is -2.10. The molecule has 3 rings (SSSR count). The van der Waals surface area contributed by atoms with Crippen molar-refractivity contribution in [1.82, 2.24) is 0 Å². The standard InChI is InChI=1S/C17H13BrOS/c18-14-10-15(20-12-14)11-19-17-9-5-4-8-16(17)13-6-2-1-3-7-13/h1-10,12H,11H2. The van der Waals surface area contributed by atoms with E-state index in [1.807, 2.05) is 36.4 Å². The molecule has 0 aliphatic heterocycles. The van der Waals surface area contributed by atoms with Gasteiger partial charge in [0.15, 0.2) is 0 Å². The van der Waals surface area contributed by atoms with Gasteiger partial charge in [-0.15, -0.1) is 11.3 Å². The first kappa shape index (κ1) is 13.4. The highest BCUT2D eigenvalue weighted by Crippen LogP contribution is 2.30. The van der Waals surface area contributed by atoms with Crippen molar-refractivity contribution in [3.05, 3.63) is 75.4 Å². The maximum atomic E-state index is 5.98. The molecule has 0 aliphatic carbocycles. The Balaban J connectivity index is 1.83. The van der Waals surface area contributed by atoms with E-state index in [0.717, 1.165) is 15.8 Å². The summed E-state index contributed by atoms with van der Waals surface area (Å²) in [6, 6.07) is 20.6. The minimum absolute atomic E-state index is 0.597. The average molecular weight is 345 g/mol. The first-order chi connectivity index (χ1) is 9.83. The SMILES string of the molecule is Brc1csc(COc2ccccc2-c2ccccc2)c1. The molecule has 0 saturated heterocycles. The van der Waals surface area contributed by atoms with Crippen LogP contribution in [-0.2, 0) is 6.61 Å².